The van der Waals surface area contributed by atoms with Crippen LogP contribution in [-0.2, 0) is 9.59 Å². The van der Waals surface area contributed by atoms with Crippen LogP contribution in [0.5, 0.6) is 5.75 Å². The van der Waals surface area contributed by atoms with Gasteiger partial charge in [-0.25, -0.2) is 0 Å². The number of halogens is 2. The monoisotopic (exact) mass is 358 g/mol. The maximum absolute atomic E-state index is 12.4. The summed E-state index contributed by atoms with van der Waals surface area (Å²) in [5.41, 5.74) is 0.299. The number of thioether (sulfide) groups is 1. The number of para-hydroxylation sites is 1. The van der Waals surface area contributed by atoms with E-state index in [-0.39, 0.29) is 27.9 Å². The predicted molar refractivity (Wildman–Crippen MR) is 82.6 cm³/mol. The summed E-state index contributed by atoms with van der Waals surface area (Å²) in [7, 11) is 0. The minimum atomic E-state index is -2.98. The summed E-state index contributed by atoms with van der Waals surface area (Å²) < 4.78 is 29.4. The largest absolute Gasteiger partial charge is 0.550 e. The van der Waals surface area contributed by atoms with Crippen LogP contribution in [0.4, 0.5) is 8.78 Å². The maximum atomic E-state index is 12.4. The number of ether oxygens (including phenoxy) is 1. The van der Waals surface area contributed by atoms with E-state index in [0.29, 0.717) is 5.56 Å². The number of hydrogen-bond donors (Lipinski definition) is 0. The van der Waals surface area contributed by atoms with Gasteiger partial charge in [-0.3, -0.25) is 9.69 Å². The Morgan fingerprint density at radius 3 is 2.78 bits per heavy atom. The lowest BCUT2D eigenvalue weighted by Crippen LogP contribution is -2.33. The van der Waals surface area contributed by atoms with Gasteiger partial charge in [-0.05, 0) is 12.1 Å². The van der Waals surface area contributed by atoms with E-state index in [1.165, 1.54) is 24.3 Å². The number of amides is 1. The van der Waals surface area contributed by atoms with Crippen molar-refractivity contribution < 1.29 is 28.2 Å². The third-order valence-electron chi connectivity index (χ3n) is 2.83. The summed E-state index contributed by atoms with van der Waals surface area (Å²) >= 11 is 6.00. The number of hydrogen-bond acceptors (Lipinski definition) is 6. The fourth-order valence-corrected chi connectivity index (χ4v) is 3.14. The molecular weight excluding hydrogens is 348 g/mol. The molecule has 0 radical (unpaired) electrons. The van der Waals surface area contributed by atoms with Crippen LogP contribution in [0.25, 0.3) is 6.08 Å². The van der Waals surface area contributed by atoms with Gasteiger partial charge in [0.05, 0.1) is 4.91 Å². The van der Waals surface area contributed by atoms with E-state index in [2.05, 4.69) is 4.74 Å². The van der Waals surface area contributed by atoms with Crippen molar-refractivity contribution in [1.29, 1.82) is 0 Å². The first-order valence-electron chi connectivity index (χ1n) is 6.37. The van der Waals surface area contributed by atoms with Crippen molar-refractivity contribution in [3.63, 3.8) is 0 Å². The molecule has 23 heavy (non-hydrogen) atoms. The molecule has 0 aromatic heterocycles. The van der Waals surface area contributed by atoms with Gasteiger partial charge in [-0.15, -0.1) is 0 Å². The molecule has 1 aromatic carbocycles. The maximum Gasteiger partial charge on any atom is 0.387 e. The van der Waals surface area contributed by atoms with Crippen molar-refractivity contribution in [2.45, 2.75) is 13.0 Å². The molecule has 1 fully saturated rings. The molecule has 0 bridgehead atoms. The zero-order valence-electron chi connectivity index (χ0n) is 11.5. The number of carboxylic acids is 1. The first-order valence-corrected chi connectivity index (χ1v) is 7.60. The smallest absolute Gasteiger partial charge is 0.387 e. The highest BCUT2D eigenvalue weighted by molar-refractivity contribution is 8.26. The molecule has 1 aliphatic heterocycles. The molecule has 9 heteroatoms. The summed E-state index contributed by atoms with van der Waals surface area (Å²) in [6, 6.07) is 6.02. The van der Waals surface area contributed by atoms with Crippen LogP contribution in [0.2, 0.25) is 0 Å². The van der Waals surface area contributed by atoms with Crippen LogP contribution in [-0.4, -0.2) is 34.3 Å². The molecule has 0 spiro atoms. The summed E-state index contributed by atoms with van der Waals surface area (Å²) in [5, 5.41) is 10.5. The van der Waals surface area contributed by atoms with Gasteiger partial charge in [0, 0.05) is 24.5 Å². The Balaban J connectivity index is 2.22. The number of carbonyl (C=O) groups is 2. The molecule has 5 nitrogen and oxygen atoms in total. The minimum Gasteiger partial charge on any atom is -0.550 e. The quantitative estimate of drug-likeness (QED) is 0.569. The summed E-state index contributed by atoms with van der Waals surface area (Å²) in [6.07, 6.45) is 1.04. The van der Waals surface area contributed by atoms with E-state index in [4.69, 9.17) is 12.2 Å². The zero-order valence-corrected chi connectivity index (χ0v) is 13.2. The Kier molecular flexibility index (Phi) is 5.67. The molecule has 0 aliphatic carbocycles. The van der Waals surface area contributed by atoms with E-state index < -0.39 is 18.5 Å². The van der Waals surface area contributed by atoms with Gasteiger partial charge < -0.3 is 14.6 Å². The Bertz CT molecular complexity index is 678. The number of rotatable bonds is 6. The molecule has 0 unspecified atom stereocenters. The van der Waals surface area contributed by atoms with E-state index in [9.17, 15) is 23.5 Å². The van der Waals surface area contributed by atoms with E-state index in [1.54, 1.807) is 6.07 Å². The lowest BCUT2D eigenvalue weighted by Gasteiger charge is -2.14. The highest BCUT2D eigenvalue weighted by Gasteiger charge is 2.31. The topological polar surface area (TPSA) is 69.7 Å². The van der Waals surface area contributed by atoms with E-state index in [1.807, 2.05) is 0 Å². The average Bonchev–Trinajstić information content (AvgIpc) is 2.73. The van der Waals surface area contributed by atoms with Gasteiger partial charge in [0.1, 0.15) is 10.1 Å². The zero-order chi connectivity index (χ0) is 17.0. The SMILES string of the molecule is O=C([O-])CCN1C(=O)/C(=C/c2ccccc2OC(F)F)SC1=S. The fourth-order valence-electron chi connectivity index (χ4n) is 1.84. The van der Waals surface area contributed by atoms with Crippen LogP contribution in [0.1, 0.15) is 12.0 Å². The highest BCUT2D eigenvalue weighted by atomic mass is 32.2. The molecule has 0 saturated carbocycles. The van der Waals surface area contributed by atoms with Gasteiger partial charge >= 0.3 is 6.61 Å². The van der Waals surface area contributed by atoms with Crippen LogP contribution >= 0.6 is 24.0 Å². The second-order valence-electron chi connectivity index (χ2n) is 4.37. The number of aliphatic carboxylic acids is 1. The van der Waals surface area contributed by atoms with Crippen molar-refractivity contribution in [3.8, 4) is 5.75 Å². The summed E-state index contributed by atoms with van der Waals surface area (Å²) in [4.78, 5) is 24.0. The number of thiocarbonyl (C=S) groups is 1. The summed E-state index contributed by atoms with van der Waals surface area (Å²) in [5.74, 6) is -1.84. The predicted octanol–water partition coefficient (Wildman–Crippen LogP) is 1.63. The number of carboxylic acid groups (broad SMARTS) is 1. The molecule has 1 heterocycles. The second-order valence-corrected chi connectivity index (χ2v) is 6.05. The van der Waals surface area contributed by atoms with Crippen LogP contribution < -0.4 is 9.84 Å². The Hall–Kier alpha value is -2.00. The summed E-state index contributed by atoms with van der Waals surface area (Å²) in [6.45, 7) is -3.08. The molecule has 2 rings (SSSR count). The van der Waals surface area contributed by atoms with Crippen molar-refractivity contribution in [2.75, 3.05) is 6.54 Å². The first-order chi connectivity index (χ1) is 10.9. The lowest BCUT2D eigenvalue weighted by atomic mass is 10.2. The Morgan fingerprint density at radius 2 is 2.13 bits per heavy atom. The van der Waals surface area contributed by atoms with Gasteiger partial charge in [-0.1, -0.05) is 42.2 Å². The molecule has 0 N–H and O–H groups in total. The van der Waals surface area contributed by atoms with Crippen molar-refractivity contribution >= 4 is 46.3 Å². The minimum absolute atomic E-state index is 0.0671. The molecule has 0 atom stereocenters. The van der Waals surface area contributed by atoms with Crippen molar-refractivity contribution in [1.82, 2.24) is 4.90 Å². The Morgan fingerprint density at radius 1 is 1.43 bits per heavy atom. The number of alkyl halides is 2. The molecule has 1 aliphatic rings. The Labute approximate surface area is 139 Å². The number of benzene rings is 1. The normalized spacial score (nSPS) is 16.5. The van der Waals surface area contributed by atoms with Gasteiger partial charge in [0.2, 0.25) is 0 Å². The molecular formula is C14H10F2NO4S2-. The third kappa shape index (κ3) is 4.49. The molecule has 1 amide bonds. The number of nitrogens with zero attached hydrogens (tertiary/aromatic N) is 1. The molecule has 122 valence electrons. The number of carbonyl (C=O) groups excluding carboxylic acids is 2. The van der Waals surface area contributed by atoms with Gasteiger partial charge in [0.15, 0.2) is 0 Å². The van der Waals surface area contributed by atoms with E-state index >= 15 is 0 Å². The van der Waals surface area contributed by atoms with Crippen LogP contribution in [0.3, 0.4) is 0 Å². The fraction of sp³-hybridized carbons (Fsp3) is 0.214. The van der Waals surface area contributed by atoms with Crippen molar-refractivity contribution in [3.05, 3.63) is 34.7 Å². The second kappa shape index (κ2) is 7.51. The van der Waals surface area contributed by atoms with Crippen LogP contribution in [0, 0.1) is 0 Å². The molecule has 1 saturated heterocycles. The van der Waals surface area contributed by atoms with Gasteiger partial charge in [-0.2, -0.15) is 8.78 Å². The average molecular weight is 358 g/mol. The van der Waals surface area contributed by atoms with Gasteiger partial charge in [0.25, 0.3) is 5.91 Å². The van der Waals surface area contributed by atoms with Crippen LogP contribution in [0.15, 0.2) is 29.2 Å². The van der Waals surface area contributed by atoms with E-state index in [0.717, 1.165) is 16.7 Å². The molecule has 1 aromatic rings. The van der Waals surface area contributed by atoms with Crippen molar-refractivity contribution in [2.24, 2.45) is 0 Å². The lowest BCUT2D eigenvalue weighted by molar-refractivity contribution is -0.305. The third-order valence-corrected chi connectivity index (χ3v) is 4.21. The highest BCUT2D eigenvalue weighted by Crippen LogP contribution is 2.34. The standard InChI is InChI=1S/C14H11F2NO4S2/c15-13(16)21-9-4-2-1-3-8(9)7-10-12(20)17(14(22)23-10)6-5-11(18)19/h1-4,7,13H,5-6H2,(H,18,19)/p-1/b10-7-. The first kappa shape index (κ1) is 17.4.